The van der Waals surface area contributed by atoms with Gasteiger partial charge in [-0.05, 0) is 34.1 Å². The van der Waals surface area contributed by atoms with Gasteiger partial charge in [0.05, 0.1) is 23.8 Å². The smallest absolute Gasteiger partial charge is 0.255 e. The normalized spacial score (nSPS) is 19.4. The van der Waals surface area contributed by atoms with Gasteiger partial charge in [-0.2, -0.15) is 5.26 Å². The first-order chi connectivity index (χ1) is 8.63. The fourth-order valence-electron chi connectivity index (χ4n) is 1.75. The molecular weight excluding hydrogens is 303 g/mol. The number of halogens is 2. The maximum atomic E-state index is 13.1. The fraction of sp³-hybridized carbons (Fsp3) is 0.333. The molecule has 0 saturated carbocycles. The highest BCUT2D eigenvalue weighted by Gasteiger charge is 2.28. The molecule has 2 rings (SSSR count). The molecule has 0 N–H and O–H groups in total. The van der Waals surface area contributed by atoms with E-state index in [1.807, 2.05) is 6.07 Å². The molecule has 0 unspecified atom stereocenters. The van der Waals surface area contributed by atoms with E-state index in [0.29, 0.717) is 18.7 Å². The highest BCUT2D eigenvalue weighted by molar-refractivity contribution is 9.10. The van der Waals surface area contributed by atoms with Crippen LogP contribution in [0.1, 0.15) is 10.4 Å². The van der Waals surface area contributed by atoms with Crippen molar-refractivity contribution in [3.05, 3.63) is 34.1 Å². The minimum atomic E-state index is -0.588. The molecule has 1 saturated heterocycles. The predicted molar refractivity (Wildman–Crippen MR) is 65.4 cm³/mol. The zero-order valence-corrected chi connectivity index (χ0v) is 11.0. The number of carbonyl (C=O) groups is 1. The number of benzene rings is 1. The first kappa shape index (κ1) is 13.0. The predicted octanol–water partition coefficient (Wildman–Crippen LogP) is 1.95. The van der Waals surface area contributed by atoms with Crippen molar-refractivity contribution in [3.63, 3.8) is 0 Å². The summed E-state index contributed by atoms with van der Waals surface area (Å²) in [6.45, 7) is 0.989. The van der Waals surface area contributed by atoms with Crippen LogP contribution in [0.2, 0.25) is 0 Å². The van der Waals surface area contributed by atoms with E-state index < -0.39 is 11.9 Å². The van der Waals surface area contributed by atoms with Crippen molar-refractivity contribution in [2.24, 2.45) is 0 Å². The average Bonchev–Trinajstić information content (AvgIpc) is 2.41. The van der Waals surface area contributed by atoms with Gasteiger partial charge in [-0.3, -0.25) is 4.79 Å². The van der Waals surface area contributed by atoms with Crippen LogP contribution >= 0.6 is 15.9 Å². The maximum absolute atomic E-state index is 13.1. The highest BCUT2D eigenvalue weighted by atomic mass is 79.9. The van der Waals surface area contributed by atoms with Gasteiger partial charge in [-0.15, -0.1) is 0 Å². The molecule has 0 radical (unpaired) electrons. The van der Waals surface area contributed by atoms with Gasteiger partial charge >= 0.3 is 0 Å². The largest absolute Gasteiger partial charge is 0.376 e. The summed E-state index contributed by atoms with van der Waals surface area (Å²) in [6, 6.07) is 5.49. The molecule has 0 aromatic heterocycles. The quantitative estimate of drug-likeness (QED) is 0.796. The average molecular weight is 313 g/mol. The standard InChI is InChI=1S/C12H10BrFN2O2/c13-10-5-8(1-2-11(10)14)12(17)16-3-4-18-7-9(16)6-15/h1-2,5,9H,3-4,7H2/t9-/m1/s1. The number of hydrogen-bond donors (Lipinski definition) is 0. The van der Waals surface area contributed by atoms with E-state index in [4.69, 9.17) is 10.00 Å². The summed E-state index contributed by atoms with van der Waals surface area (Å²) < 4.78 is 18.5. The summed E-state index contributed by atoms with van der Waals surface area (Å²) in [4.78, 5) is 13.7. The summed E-state index contributed by atoms with van der Waals surface area (Å²) in [5.41, 5.74) is 0.352. The van der Waals surface area contributed by atoms with E-state index in [9.17, 15) is 9.18 Å². The highest BCUT2D eigenvalue weighted by Crippen LogP contribution is 2.19. The lowest BCUT2D eigenvalue weighted by atomic mass is 10.1. The fourth-order valence-corrected chi connectivity index (χ4v) is 2.13. The van der Waals surface area contributed by atoms with Crippen LogP contribution in [0.3, 0.4) is 0 Å². The Morgan fingerprint density at radius 3 is 3.06 bits per heavy atom. The summed E-state index contributed by atoms with van der Waals surface area (Å²) in [5, 5.41) is 8.96. The van der Waals surface area contributed by atoms with Crippen LogP contribution < -0.4 is 0 Å². The lowest BCUT2D eigenvalue weighted by Crippen LogP contribution is -2.47. The number of amides is 1. The Kier molecular flexibility index (Phi) is 3.94. The second-order valence-corrected chi connectivity index (χ2v) is 4.70. The van der Waals surface area contributed by atoms with Crippen LogP contribution in [0.25, 0.3) is 0 Å². The van der Waals surface area contributed by atoms with Crippen molar-refractivity contribution in [2.75, 3.05) is 19.8 Å². The summed E-state index contributed by atoms with van der Waals surface area (Å²) in [7, 11) is 0. The number of nitrogens with zero attached hydrogens (tertiary/aromatic N) is 2. The minimum absolute atomic E-state index is 0.213. The lowest BCUT2D eigenvalue weighted by Gasteiger charge is -2.31. The molecule has 0 spiro atoms. The lowest BCUT2D eigenvalue weighted by molar-refractivity contribution is 0.0132. The minimum Gasteiger partial charge on any atom is -0.376 e. The Bertz CT molecular complexity index is 515. The Labute approximate surface area is 112 Å². The van der Waals surface area contributed by atoms with E-state index >= 15 is 0 Å². The second kappa shape index (κ2) is 5.46. The van der Waals surface area contributed by atoms with Gasteiger partial charge in [-0.1, -0.05) is 0 Å². The number of hydrogen-bond acceptors (Lipinski definition) is 3. The molecule has 1 aliphatic heterocycles. The van der Waals surface area contributed by atoms with Gasteiger partial charge < -0.3 is 9.64 Å². The zero-order chi connectivity index (χ0) is 13.1. The van der Waals surface area contributed by atoms with Gasteiger partial charge in [0.2, 0.25) is 0 Å². The molecule has 18 heavy (non-hydrogen) atoms. The molecule has 0 bridgehead atoms. The van der Waals surface area contributed by atoms with Crippen molar-refractivity contribution in [1.29, 1.82) is 5.26 Å². The van der Waals surface area contributed by atoms with E-state index in [2.05, 4.69) is 15.9 Å². The van der Waals surface area contributed by atoms with Crippen molar-refractivity contribution in [2.45, 2.75) is 6.04 Å². The SMILES string of the molecule is N#C[C@@H]1COCCN1C(=O)c1ccc(F)c(Br)c1. The van der Waals surface area contributed by atoms with Crippen LogP contribution in [0.15, 0.2) is 22.7 Å². The van der Waals surface area contributed by atoms with Crippen molar-refractivity contribution >= 4 is 21.8 Å². The maximum Gasteiger partial charge on any atom is 0.255 e. The number of nitriles is 1. The Balaban J connectivity index is 2.24. The monoisotopic (exact) mass is 312 g/mol. The number of rotatable bonds is 1. The summed E-state index contributed by atoms with van der Waals surface area (Å²) >= 11 is 3.04. The van der Waals surface area contributed by atoms with Crippen molar-refractivity contribution < 1.29 is 13.9 Å². The van der Waals surface area contributed by atoms with Crippen LogP contribution in [0.4, 0.5) is 4.39 Å². The van der Waals surface area contributed by atoms with E-state index in [0.717, 1.165) is 0 Å². The molecule has 1 amide bonds. The first-order valence-corrected chi connectivity index (χ1v) is 6.16. The topological polar surface area (TPSA) is 53.3 Å². The molecule has 94 valence electrons. The van der Waals surface area contributed by atoms with Gasteiger partial charge in [-0.25, -0.2) is 4.39 Å². The number of carbonyl (C=O) groups excluding carboxylic acids is 1. The number of ether oxygens (including phenoxy) is 1. The third kappa shape index (κ3) is 2.52. The molecule has 6 heteroatoms. The van der Waals surface area contributed by atoms with E-state index in [-0.39, 0.29) is 17.0 Å². The Morgan fingerprint density at radius 2 is 2.39 bits per heavy atom. The molecule has 1 heterocycles. The molecule has 1 aromatic carbocycles. The summed E-state index contributed by atoms with van der Waals surface area (Å²) in [6.07, 6.45) is 0. The third-order valence-corrected chi connectivity index (χ3v) is 3.31. The van der Waals surface area contributed by atoms with Crippen LogP contribution in [0, 0.1) is 17.1 Å². The molecule has 4 nitrogen and oxygen atoms in total. The van der Waals surface area contributed by atoms with Crippen molar-refractivity contribution in [3.8, 4) is 6.07 Å². The summed E-state index contributed by atoms with van der Waals surface area (Å²) in [5.74, 6) is -0.712. The van der Waals surface area contributed by atoms with Crippen LogP contribution in [0.5, 0.6) is 0 Å². The zero-order valence-electron chi connectivity index (χ0n) is 9.40. The van der Waals surface area contributed by atoms with E-state index in [1.54, 1.807) is 0 Å². The van der Waals surface area contributed by atoms with Crippen LogP contribution in [-0.4, -0.2) is 36.6 Å². The van der Waals surface area contributed by atoms with Crippen LogP contribution in [-0.2, 0) is 4.74 Å². The molecule has 0 aliphatic carbocycles. The van der Waals surface area contributed by atoms with Gasteiger partial charge in [0.1, 0.15) is 11.9 Å². The number of morpholine rings is 1. The van der Waals surface area contributed by atoms with Gasteiger partial charge in [0.25, 0.3) is 5.91 Å². The molecular formula is C12H10BrFN2O2. The van der Waals surface area contributed by atoms with Gasteiger partial charge in [0.15, 0.2) is 0 Å². The first-order valence-electron chi connectivity index (χ1n) is 5.37. The van der Waals surface area contributed by atoms with Gasteiger partial charge in [0, 0.05) is 12.1 Å². The van der Waals surface area contributed by atoms with E-state index in [1.165, 1.54) is 23.1 Å². The molecule has 1 atom stereocenters. The Morgan fingerprint density at radius 1 is 1.61 bits per heavy atom. The molecule has 1 aromatic rings. The van der Waals surface area contributed by atoms with Crippen molar-refractivity contribution in [1.82, 2.24) is 4.90 Å². The molecule has 1 aliphatic rings. The third-order valence-electron chi connectivity index (χ3n) is 2.70. The Hall–Kier alpha value is -1.45. The second-order valence-electron chi connectivity index (χ2n) is 3.85. The molecule has 1 fully saturated rings.